The van der Waals surface area contributed by atoms with Gasteiger partial charge in [0.05, 0.1) is 6.61 Å². The Morgan fingerprint density at radius 3 is 2.48 bits per heavy atom. The number of ether oxygens (including phenoxy) is 1. The van der Waals surface area contributed by atoms with Crippen LogP contribution in [0.5, 0.6) is 0 Å². The highest BCUT2D eigenvalue weighted by Gasteiger charge is 2.21. The van der Waals surface area contributed by atoms with Gasteiger partial charge in [-0.05, 0) is 44.2 Å². The smallest absolute Gasteiger partial charge is 0.374 e. The van der Waals surface area contributed by atoms with E-state index in [1.165, 1.54) is 6.92 Å². The fourth-order valence-electron chi connectivity index (χ4n) is 2.65. The lowest BCUT2D eigenvalue weighted by Crippen LogP contribution is -2.09. The molecule has 0 aliphatic heterocycles. The maximum absolute atomic E-state index is 12.2. The summed E-state index contributed by atoms with van der Waals surface area (Å²) in [6.45, 7) is 3.99. The molecular weight excluding hydrogens is 318 g/mol. The highest BCUT2D eigenvalue weighted by atomic mass is 16.5. The maximum atomic E-state index is 12.2. The monoisotopic (exact) mass is 337 g/mol. The Balaban J connectivity index is 1.87. The molecule has 1 N–H and O–H groups in total. The summed E-state index contributed by atoms with van der Waals surface area (Å²) in [6.07, 6.45) is 0. The number of fused-ring (bicyclic) bond motifs is 1. The van der Waals surface area contributed by atoms with E-state index >= 15 is 0 Å². The van der Waals surface area contributed by atoms with Gasteiger partial charge in [0.15, 0.2) is 5.78 Å². The lowest BCUT2D eigenvalue weighted by molar-refractivity contribution is 0.0491. The Hall–Kier alpha value is -3.08. The standard InChI is InChI=1S/C20H19NO4/c1-3-24-20(23)19-17(16-6-4-5-7-18(16)25-19)12-21-15-10-8-14(9-11-15)13(2)22/h4-11,21H,3,12H2,1-2H3. The van der Waals surface area contributed by atoms with Crippen LogP contribution in [0.1, 0.15) is 40.3 Å². The van der Waals surface area contributed by atoms with Gasteiger partial charge in [0.2, 0.25) is 5.76 Å². The van der Waals surface area contributed by atoms with Crippen molar-refractivity contribution in [2.75, 3.05) is 11.9 Å². The van der Waals surface area contributed by atoms with Gasteiger partial charge in [-0.15, -0.1) is 0 Å². The molecule has 0 aliphatic rings. The zero-order valence-corrected chi connectivity index (χ0v) is 14.2. The van der Waals surface area contributed by atoms with Gasteiger partial charge in [0, 0.05) is 28.7 Å². The predicted molar refractivity (Wildman–Crippen MR) is 95.9 cm³/mol. The van der Waals surface area contributed by atoms with Crippen LogP contribution in [0, 0.1) is 0 Å². The van der Waals surface area contributed by atoms with E-state index in [-0.39, 0.29) is 18.2 Å². The quantitative estimate of drug-likeness (QED) is 0.532. The number of esters is 1. The molecule has 3 aromatic rings. The van der Waals surface area contributed by atoms with Gasteiger partial charge >= 0.3 is 5.97 Å². The van der Waals surface area contributed by atoms with Crippen LogP contribution in [0.3, 0.4) is 0 Å². The van der Waals surface area contributed by atoms with Crippen molar-refractivity contribution >= 4 is 28.4 Å². The number of anilines is 1. The minimum Gasteiger partial charge on any atom is -0.460 e. The maximum Gasteiger partial charge on any atom is 0.374 e. The zero-order valence-electron chi connectivity index (χ0n) is 14.2. The number of rotatable bonds is 6. The van der Waals surface area contributed by atoms with Crippen molar-refractivity contribution < 1.29 is 18.7 Å². The number of para-hydroxylation sites is 1. The molecule has 128 valence electrons. The molecule has 5 heteroatoms. The molecular formula is C20H19NO4. The number of carbonyl (C=O) groups excluding carboxylic acids is 2. The Bertz CT molecular complexity index is 909. The first-order valence-electron chi connectivity index (χ1n) is 8.12. The molecule has 25 heavy (non-hydrogen) atoms. The van der Waals surface area contributed by atoms with Gasteiger partial charge in [-0.3, -0.25) is 4.79 Å². The van der Waals surface area contributed by atoms with Crippen molar-refractivity contribution in [3.05, 3.63) is 65.4 Å². The Morgan fingerprint density at radius 2 is 1.80 bits per heavy atom. The summed E-state index contributed by atoms with van der Waals surface area (Å²) in [6, 6.07) is 14.7. The molecule has 0 saturated carbocycles. The molecule has 1 heterocycles. The van der Waals surface area contributed by atoms with Crippen LogP contribution in [0.15, 0.2) is 52.9 Å². The Morgan fingerprint density at radius 1 is 1.08 bits per heavy atom. The van der Waals surface area contributed by atoms with Crippen molar-refractivity contribution in [3.8, 4) is 0 Å². The molecule has 0 spiro atoms. The summed E-state index contributed by atoms with van der Waals surface area (Å²) >= 11 is 0. The van der Waals surface area contributed by atoms with Crippen LogP contribution in [-0.4, -0.2) is 18.4 Å². The Kier molecular flexibility index (Phi) is 4.84. The van der Waals surface area contributed by atoms with Crippen LogP contribution in [0.4, 0.5) is 5.69 Å². The van der Waals surface area contributed by atoms with Gasteiger partial charge in [-0.25, -0.2) is 4.79 Å². The van der Waals surface area contributed by atoms with E-state index in [1.807, 2.05) is 36.4 Å². The van der Waals surface area contributed by atoms with Crippen molar-refractivity contribution in [2.24, 2.45) is 0 Å². The fraction of sp³-hybridized carbons (Fsp3) is 0.200. The highest BCUT2D eigenvalue weighted by Crippen LogP contribution is 2.27. The lowest BCUT2D eigenvalue weighted by Gasteiger charge is -2.08. The molecule has 0 unspecified atom stereocenters. The molecule has 1 aromatic heterocycles. The van der Waals surface area contributed by atoms with Crippen LogP contribution in [0.2, 0.25) is 0 Å². The first-order chi connectivity index (χ1) is 12.1. The molecule has 5 nitrogen and oxygen atoms in total. The van der Waals surface area contributed by atoms with Crippen LogP contribution in [0.25, 0.3) is 11.0 Å². The molecule has 0 aliphatic carbocycles. The van der Waals surface area contributed by atoms with E-state index in [1.54, 1.807) is 19.1 Å². The average Bonchev–Trinajstić information content (AvgIpc) is 2.99. The normalized spacial score (nSPS) is 10.6. The van der Waals surface area contributed by atoms with Gasteiger partial charge in [0.25, 0.3) is 0 Å². The molecule has 2 aromatic carbocycles. The molecule has 0 saturated heterocycles. The van der Waals surface area contributed by atoms with E-state index in [9.17, 15) is 9.59 Å². The third-order valence-electron chi connectivity index (χ3n) is 3.92. The van der Waals surface area contributed by atoms with Crippen molar-refractivity contribution in [2.45, 2.75) is 20.4 Å². The second-order valence-corrected chi connectivity index (χ2v) is 5.61. The summed E-state index contributed by atoms with van der Waals surface area (Å²) < 4.78 is 10.8. The van der Waals surface area contributed by atoms with Crippen LogP contribution >= 0.6 is 0 Å². The van der Waals surface area contributed by atoms with E-state index in [0.717, 1.165) is 16.6 Å². The molecule has 0 amide bonds. The number of benzene rings is 2. The molecule has 3 rings (SSSR count). The van der Waals surface area contributed by atoms with Crippen LogP contribution in [-0.2, 0) is 11.3 Å². The van der Waals surface area contributed by atoms with E-state index in [4.69, 9.17) is 9.15 Å². The number of furan rings is 1. The minimum atomic E-state index is -0.470. The van der Waals surface area contributed by atoms with Gasteiger partial charge in [-0.2, -0.15) is 0 Å². The number of hydrogen-bond donors (Lipinski definition) is 1. The lowest BCUT2D eigenvalue weighted by atomic mass is 10.1. The van der Waals surface area contributed by atoms with Gasteiger partial charge in [0.1, 0.15) is 5.58 Å². The highest BCUT2D eigenvalue weighted by molar-refractivity contribution is 5.96. The van der Waals surface area contributed by atoms with E-state index in [2.05, 4.69) is 5.32 Å². The number of carbonyl (C=O) groups is 2. The summed E-state index contributed by atoms with van der Waals surface area (Å²) in [5.41, 5.74) is 2.91. The molecule has 0 atom stereocenters. The first kappa shape index (κ1) is 16.8. The number of nitrogens with one attached hydrogen (secondary N) is 1. The van der Waals surface area contributed by atoms with Crippen LogP contribution < -0.4 is 5.32 Å². The molecule has 0 fully saturated rings. The fourth-order valence-corrected chi connectivity index (χ4v) is 2.65. The van der Waals surface area contributed by atoms with Crippen molar-refractivity contribution in [3.63, 3.8) is 0 Å². The molecule has 0 radical (unpaired) electrons. The third-order valence-corrected chi connectivity index (χ3v) is 3.92. The second kappa shape index (κ2) is 7.21. The minimum absolute atomic E-state index is 0.0250. The van der Waals surface area contributed by atoms with Gasteiger partial charge < -0.3 is 14.5 Å². The topological polar surface area (TPSA) is 68.5 Å². The number of Topliss-reactive ketones (excluding diaryl/α,β-unsaturated/α-hetero) is 1. The second-order valence-electron chi connectivity index (χ2n) is 5.61. The largest absolute Gasteiger partial charge is 0.460 e. The number of ketones is 1. The summed E-state index contributed by atoms with van der Waals surface area (Å²) in [5, 5.41) is 4.14. The van der Waals surface area contributed by atoms with E-state index in [0.29, 0.717) is 17.7 Å². The molecule has 0 bridgehead atoms. The summed E-state index contributed by atoms with van der Waals surface area (Å²) in [7, 11) is 0. The summed E-state index contributed by atoms with van der Waals surface area (Å²) in [4.78, 5) is 23.5. The zero-order chi connectivity index (χ0) is 17.8. The first-order valence-corrected chi connectivity index (χ1v) is 8.12. The van der Waals surface area contributed by atoms with E-state index < -0.39 is 5.97 Å². The Labute approximate surface area is 145 Å². The number of hydrogen-bond acceptors (Lipinski definition) is 5. The summed E-state index contributed by atoms with van der Waals surface area (Å²) in [5.74, 6) is -0.227. The average molecular weight is 337 g/mol. The van der Waals surface area contributed by atoms with Gasteiger partial charge in [-0.1, -0.05) is 18.2 Å². The SMILES string of the molecule is CCOC(=O)c1oc2ccccc2c1CNc1ccc(C(C)=O)cc1. The van der Waals surface area contributed by atoms with Crippen molar-refractivity contribution in [1.29, 1.82) is 0 Å². The van der Waals surface area contributed by atoms with Crippen molar-refractivity contribution in [1.82, 2.24) is 0 Å². The predicted octanol–water partition coefficient (Wildman–Crippen LogP) is 4.42. The third kappa shape index (κ3) is 3.55.